The zero-order valence-corrected chi connectivity index (χ0v) is 13.7. The number of hydrogen-bond acceptors (Lipinski definition) is 3. The van der Waals surface area contributed by atoms with Crippen molar-refractivity contribution >= 4 is 23.4 Å². The molecule has 3 rings (SSSR count). The van der Waals surface area contributed by atoms with Crippen LogP contribution >= 0.6 is 11.8 Å². The number of rotatable bonds is 3. The quantitative estimate of drug-likeness (QED) is 0.778. The molecule has 0 saturated carbocycles. The maximum absolute atomic E-state index is 12.5. The number of para-hydroxylation sites is 1. The minimum absolute atomic E-state index is 0.0702. The maximum Gasteiger partial charge on any atom is 0.417 e. The molecule has 0 N–H and O–H groups in total. The third kappa shape index (κ3) is 3.40. The molecule has 1 aliphatic rings. The fourth-order valence-electron chi connectivity index (χ4n) is 2.78. The summed E-state index contributed by atoms with van der Waals surface area (Å²) in [6, 6.07) is 10.1. The summed E-state index contributed by atoms with van der Waals surface area (Å²) in [5.41, 5.74) is 1.26. The van der Waals surface area contributed by atoms with E-state index in [0.29, 0.717) is 5.03 Å². The predicted octanol–water partition coefficient (Wildman–Crippen LogP) is 4.17. The zero-order chi connectivity index (χ0) is 17.3. The highest BCUT2D eigenvalue weighted by Gasteiger charge is 2.31. The van der Waals surface area contributed by atoms with Gasteiger partial charge in [-0.3, -0.25) is 4.79 Å². The third-order valence-electron chi connectivity index (χ3n) is 3.88. The largest absolute Gasteiger partial charge is 0.417 e. The van der Waals surface area contributed by atoms with E-state index < -0.39 is 11.7 Å². The van der Waals surface area contributed by atoms with Crippen molar-refractivity contribution in [3.8, 4) is 0 Å². The molecule has 0 aliphatic carbocycles. The molecule has 0 saturated heterocycles. The van der Waals surface area contributed by atoms with Crippen molar-refractivity contribution in [2.45, 2.75) is 30.6 Å². The van der Waals surface area contributed by atoms with Crippen LogP contribution in [0.15, 0.2) is 47.6 Å². The van der Waals surface area contributed by atoms with Gasteiger partial charge < -0.3 is 4.90 Å². The number of carbonyl (C=O) groups is 1. The fourth-order valence-corrected chi connectivity index (χ4v) is 3.49. The molecule has 1 amide bonds. The van der Waals surface area contributed by atoms with Crippen molar-refractivity contribution in [1.82, 2.24) is 4.98 Å². The van der Waals surface area contributed by atoms with E-state index in [0.717, 1.165) is 41.7 Å². The van der Waals surface area contributed by atoms with Gasteiger partial charge in [0.15, 0.2) is 0 Å². The van der Waals surface area contributed by atoms with Crippen molar-refractivity contribution in [3.05, 3.63) is 53.7 Å². The van der Waals surface area contributed by atoms with Gasteiger partial charge in [0.2, 0.25) is 5.91 Å². The average Bonchev–Trinajstić information content (AvgIpc) is 2.88. The number of anilines is 1. The zero-order valence-electron chi connectivity index (χ0n) is 12.9. The lowest BCUT2D eigenvalue weighted by Crippen LogP contribution is -2.36. The maximum atomic E-state index is 12.5. The summed E-state index contributed by atoms with van der Waals surface area (Å²) in [5.74, 6) is 0.0657. The van der Waals surface area contributed by atoms with Gasteiger partial charge in [-0.25, -0.2) is 4.98 Å². The molecule has 3 nitrogen and oxygen atoms in total. The van der Waals surface area contributed by atoms with Crippen LogP contribution in [0.4, 0.5) is 18.9 Å². The highest BCUT2D eigenvalue weighted by atomic mass is 32.2. The Morgan fingerprint density at radius 2 is 2.04 bits per heavy atom. The number of aromatic nitrogens is 1. The molecule has 2 aromatic rings. The molecule has 1 aliphatic heterocycles. The van der Waals surface area contributed by atoms with Gasteiger partial charge in [0, 0.05) is 17.9 Å². The van der Waals surface area contributed by atoms with Crippen LogP contribution < -0.4 is 4.90 Å². The second-order valence-electron chi connectivity index (χ2n) is 5.62. The van der Waals surface area contributed by atoms with Gasteiger partial charge in [0.25, 0.3) is 0 Å². The highest BCUT2D eigenvalue weighted by molar-refractivity contribution is 7.99. The Kier molecular flexibility index (Phi) is 4.54. The molecule has 0 radical (unpaired) electrons. The first-order valence-corrected chi connectivity index (χ1v) is 8.41. The van der Waals surface area contributed by atoms with Gasteiger partial charge in [-0.2, -0.15) is 13.2 Å². The first kappa shape index (κ1) is 16.8. The summed E-state index contributed by atoms with van der Waals surface area (Å²) in [4.78, 5) is 18.1. The molecule has 1 atom stereocenters. The Balaban J connectivity index is 1.66. The van der Waals surface area contributed by atoms with Crippen molar-refractivity contribution < 1.29 is 18.0 Å². The highest BCUT2D eigenvalue weighted by Crippen LogP contribution is 2.33. The van der Waals surface area contributed by atoms with Crippen LogP contribution in [0.3, 0.4) is 0 Å². The van der Waals surface area contributed by atoms with E-state index >= 15 is 0 Å². The van der Waals surface area contributed by atoms with Crippen molar-refractivity contribution in [2.24, 2.45) is 0 Å². The lowest BCUT2D eigenvalue weighted by molar-refractivity contribution is -0.137. The second kappa shape index (κ2) is 6.47. The number of amides is 1. The number of carbonyl (C=O) groups excluding carboxylic acids is 1. The monoisotopic (exact) mass is 352 g/mol. The number of hydrogen-bond donors (Lipinski definition) is 0. The topological polar surface area (TPSA) is 33.2 Å². The van der Waals surface area contributed by atoms with Crippen LogP contribution in [0.25, 0.3) is 0 Å². The van der Waals surface area contributed by atoms with E-state index in [4.69, 9.17) is 0 Å². The number of pyridine rings is 1. The van der Waals surface area contributed by atoms with E-state index in [9.17, 15) is 18.0 Å². The van der Waals surface area contributed by atoms with Gasteiger partial charge in [-0.05, 0) is 37.1 Å². The molecular formula is C17H15F3N2OS. The predicted molar refractivity (Wildman–Crippen MR) is 87.1 cm³/mol. The minimum atomic E-state index is -4.40. The fraction of sp³-hybridized carbons (Fsp3) is 0.294. The Labute approximate surface area is 141 Å². The van der Waals surface area contributed by atoms with E-state index in [1.165, 1.54) is 6.07 Å². The van der Waals surface area contributed by atoms with E-state index in [-0.39, 0.29) is 17.7 Å². The lowest BCUT2D eigenvalue weighted by atomic mass is 10.1. The SMILES string of the molecule is C[C@@H]1Cc2ccccc2N1C(=O)CSc1ccc(C(F)(F)F)cn1. The Morgan fingerprint density at radius 1 is 1.29 bits per heavy atom. The molecule has 1 aromatic heterocycles. The molecule has 126 valence electrons. The molecule has 0 spiro atoms. The van der Waals surface area contributed by atoms with E-state index in [1.807, 2.05) is 31.2 Å². The Morgan fingerprint density at radius 3 is 2.71 bits per heavy atom. The molecular weight excluding hydrogens is 337 g/mol. The summed E-state index contributed by atoms with van der Waals surface area (Å²) < 4.78 is 37.5. The average molecular weight is 352 g/mol. The lowest BCUT2D eigenvalue weighted by Gasteiger charge is -2.22. The number of fused-ring (bicyclic) bond motifs is 1. The second-order valence-corrected chi connectivity index (χ2v) is 6.61. The van der Waals surface area contributed by atoms with Gasteiger partial charge in [-0.1, -0.05) is 30.0 Å². The number of benzene rings is 1. The Bertz CT molecular complexity index is 746. The van der Waals surface area contributed by atoms with Crippen molar-refractivity contribution in [1.29, 1.82) is 0 Å². The van der Waals surface area contributed by atoms with Crippen LogP contribution in [0.5, 0.6) is 0 Å². The third-order valence-corrected chi connectivity index (χ3v) is 4.81. The smallest absolute Gasteiger partial charge is 0.308 e. The van der Waals surface area contributed by atoms with Crippen molar-refractivity contribution in [3.63, 3.8) is 0 Å². The summed E-state index contributed by atoms with van der Waals surface area (Å²) in [5, 5.41) is 0.400. The van der Waals surface area contributed by atoms with Gasteiger partial charge in [-0.15, -0.1) is 0 Å². The Hall–Kier alpha value is -2.02. The van der Waals surface area contributed by atoms with E-state index in [2.05, 4.69) is 4.98 Å². The summed E-state index contributed by atoms with van der Waals surface area (Å²) in [6.07, 6.45) is -2.80. The number of alkyl halides is 3. The van der Waals surface area contributed by atoms with Gasteiger partial charge >= 0.3 is 6.18 Å². The summed E-state index contributed by atoms with van der Waals surface area (Å²) in [6.45, 7) is 1.99. The standard InChI is InChI=1S/C17H15F3N2OS/c1-11-8-12-4-2-3-5-14(12)22(11)16(23)10-24-15-7-6-13(9-21-15)17(18,19)20/h2-7,9,11H,8,10H2,1H3/t11-/m1/s1. The first-order valence-electron chi connectivity index (χ1n) is 7.42. The number of halogens is 3. The normalized spacial score (nSPS) is 17.0. The molecule has 2 heterocycles. The number of nitrogens with zero attached hydrogens (tertiary/aromatic N) is 2. The first-order chi connectivity index (χ1) is 11.4. The number of thioether (sulfide) groups is 1. The summed E-state index contributed by atoms with van der Waals surface area (Å²) >= 11 is 1.14. The van der Waals surface area contributed by atoms with Crippen LogP contribution in [0.2, 0.25) is 0 Å². The molecule has 0 fully saturated rings. The molecule has 0 unspecified atom stereocenters. The molecule has 0 bridgehead atoms. The van der Waals surface area contributed by atoms with Crippen LogP contribution in [-0.2, 0) is 17.4 Å². The van der Waals surface area contributed by atoms with Crippen molar-refractivity contribution in [2.75, 3.05) is 10.7 Å². The molecule has 24 heavy (non-hydrogen) atoms. The summed E-state index contributed by atoms with van der Waals surface area (Å²) in [7, 11) is 0. The van der Waals surface area contributed by atoms with E-state index in [1.54, 1.807) is 4.90 Å². The van der Waals surface area contributed by atoms with Crippen LogP contribution in [0, 0.1) is 0 Å². The van der Waals surface area contributed by atoms with Gasteiger partial charge in [0.05, 0.1) is 16.3 Å². The molecule has 7 heteroatoms. The molecule has 1 aromatic carbocycles. The van der Waals surface area contributed by atoms with Crippen LogP contribution in [0.1, 0.15) is 18.1 Å². The van der Waals surface area contributed by atoms with Gasteiger partial charge in [0.1, 0.15) is 0 Å². The van der Waals surface area contributed by atoms with Crippen LogP contribution in [-0.4, -0.2) is 22.7 Å². The minimum Gasteiger partial charge on any atom is -0.308 e.